The van der Waals surface area contributed by atoms with Crippen LogP contribution in [0.25, 0.3) is 11.3 Å². The highest BCUT2D eigenvalue weighted by Gasteiger charge is 2.20. The van der Waals surface area contributed by atoms with Gasteiger partial charge in [0.05, 0.1) is 32.2 Å². The molecule has 0 amide bonds. The van der Waals surface area contributed by atoms with Gasteiger partial charge in [-0.3, -0.25) is 0 Å². The second kappa shape index (κ2) is 8.68. The van der Waals surface area contributed by atoms with E-state index in [4.69, 9.17) is 9.47 Å². The number of ether oxygens (including phenoxy) is 2. The number of nitrogens with one attached hydrogen (secondary N) is 1. The van der Waals surface area contributed by atoms with Gasteiger partial charge in [0.15, 0.2) is 0 Å². The summed E-state index contributed by atoms with van der Waals surface area (Å²) in [7, 11) is -0.766. The molecule has 0 saturated heterocycles. The van der Waals surface area contributed by atoms with E-state index in [2.05, 4.69) is 30.6 Å². The molecule has 0 aliphatic heterocycles. The van der Waals surface area contributed by atoms with E-state index in [9.17, 15) is 8.42 Å². The summed E-state index contributed by atoms with van der Waals surface area (Å²) in [5, 5.41) is 0. The fourth-order valence-corrected chi connectivity index (χ4v) is 4.23. The molecule has 28 heavy (non-hydrogen) atoms. The molecule has 146 valence electrons. The third-order valence-corrected chi connectivity index (χ3v) is 5.88. The lowest BCUT2D eigenvalue weighted by Crippen LogP contribution is -2.24. The van der Waals surface area contributed by atoms with Crippen LogP contribution in [0.4, 0.5) is 0 Å². The van der Waals surface area contributed by atoms with Crippen LogP contribution in [0.2, 0.25) is 0 Å². The topological polar surface area (TPSA) is 90.4 Å². The molecule has 2 aromatic carbocycles. The second-order valence-electron chi connectivity index (χ2n) is 5.74. The van der Waals surface area contributed by atoms with Crippen molar-refractivity contribution in [2.75, 3.05) is 14.2 Å². The number of benzene rings is 2. The van der Waals surface area contributed by atoms with Crippen molar-refractivity contribution in [2.45, 2.75) is 11.4 Å². The minimum atomic E-state index is -3.79. The van der Waals surface area contributed by atoms with Crippen molar-refractivity contribution in [3.05, 3.63) is 65.0 Å². The second-order valence-corrected chi connectivity index (χ2v) is 8.39. The van der Waals surface area contributed by atoms with E-state index >= 15 is 0 Å². The zero-order valence-corrected chi connectivity index (χ0v) is 17.6. The van der Waals surface area contributed by atoms with E-state index in [1.165, 1.54) is 19.5 Å². The third kappa shape index (κ3) is 4.67. The number of sulfonamides is 1. The number of hydrogen-bond donors (Lipinski definition) is 1. The summed E-state index contributed by atoms with van der Waals surface area (Å²) in [5.74, 6) is 1.01. The predicted octanol–water partition coefficient (Wildman–Crippen LogP) is 3.40. The molecule has 0 spiro atoms. The Balaban J connectivity index is 1.80. The minimum absolute atomic E-state index is 0.0175. The van der Waals surface area contributed by atoms with Gasteiger partial charge in [-0.2, -0.15) is 0 Å². The SMILES string of the molecule is COc1ccc(-c2cc(CNS(=O)(=O)c3cc(Br)ccc3OC)ncn2)cc1. The van der Waals surface area contributed by atoms with Crippen molar-refractivity contribution >= 4 is 26.0 Å². The van der Waals surface area contributed by atoms with Gasteiger partial charge in [0.25, 0.3) is 0 Å². The Labute approximate surface area is 171 Å². The number of rotatable bonds is 7. The summed E-state index contributed by atoms with van der Waals surface area (Å²) in [6.45, 7) is 0.0175. The molecule has 0 fully saturated rings. The lowest BCUT2D eigenvalue weighted by atomic mass is 10.1. The maximum Gasteiger partial charge on any atom is 0.244 e. The standard InChI is InChI=1S/C19H18BrN3O4S/c1-26-16-6-3-13(4-7-16)17-10-15(21-12-22-17)11-23-28(24,25)19-9-14(20)5-8-18(19)27-2/h3-10,12,23H,11H2,1-2H3. The third-order valence-electron chi connectivity index (χ3n) is 3.97. The molecular weight excluding hydrogens is 446 g/mol. The van der Waals surface area contributed by atoms with Gasteiger partial charge in [0.2, 0.25) is 10.0 Å². The average Bonchev–Trinajstić information content (AvgIpc) is 2.72. The number of halogens is 1. The monoisotopic (exact) mass is 463 g/mol. The zero-order valence-electron chi connectivity index (χ0n) is 15.2. The first-order valence-corrected chi connectivity index (χ1v) is 10.5. The fourth-order valence-electron chi connectivity index (χ4n) is 2.52. The van der Waals surface area contributed by atoms with Crippen molar-refractivity contribution < 1.29 is 17.9 Å². The molecule has 0 bridgehead atoms. The van der Waals surface area contributed by atoms with Gasteiger partial charge in [-0.05, 0) is 48.5 Å². The van der Waals surface area contributed by atoms with E-state index in [1.807, 2.05) is 24.3 Å². The molecule has 1 heterocycles. The summed E-state index contributed by atoms with van der Waals surface area (Å²) in [6.07, 6.45) is 1.41. The summed E-state index contributed by atoms with van der Waals surface area (Å²) in [6, 6.07) is 13.9. The molecule has 3 rings (SSSR count). The van der Waals surface area contributed by atoms with Gasteiger partial charge < -0.3 is 9.47 Å². The Morgan fingerprint density at radius 2 is 1.75 bits per heavy atom. The van der Waals surface area contributed by atoms with E-state index in [1.54, 1.807) is 25.3 Å². The molecule has 7 nitrogen and oxygen atoms in total. The molecule has 0 radical (unpaired) electrons. The molecule has 1 N–H and O–H groups in total. The highest BCUT2D eigenvalue weighted by Crippen LogP contribution is 2.27. The normalized spacial score (nSPS) is 11.2. The van der Waals surface area contributed by atoms with Gasteiger partial charge in [-0.1, -0.05) is 15.9 Å². The number of methoxy groups -OCH3 is 2. The minimum Gasteiger partial charge on any atom is -0.497 e. The van der Waals surface area contributed by atoms with Gasteiger partial charge in [-0.25, -0.2) is 23.1 Å². The quantitative estimate of drug-likeness (QED) is 0.577. The predicted molar refractivity (Wildman–Crippen MR) is 109 cm³/mol. The molecular formula is C19H18BrN3O4S. The first kappa shape index (κ1) is 20.2. The average molecular weight is 464 g/mol. The van der Waals surface area contributed by atoms with Crippen LogP contribution >= 0.6 is 15.9 Å². The summed E-state index contributed by atoms with van der Waals surface area (Å²) in [5.41, 5.74) is 2.10. The van der Waals surface area contributed by atoms with Crippen LogP contribution in [0, 0.1) is 0 Å². The number of aromatic nitrogens is 2. The fraction of sp³-hybridized carbons (Fsp3) is 0.158. The van der Waals surface area contributed by atoms with Crippen LogP contribution in [0.1, 0.15) is 5.69 Å². The van der Waals surface area contributed by atoms with Gasteiger partial charge in [0, 0.05) is 10.0 Å². The Morgan fingerprint density at radius 1 is 1.00 bits per heavy atom. The lowest BCUT2D eigenvalue weighted by molar-refractivity contribution is 0.402. The highest BCUT2D eigenvalue weighted by molar-refractivity contribution is 9.10. The zero-order chi connectivity index (χ0) is 20.1. The van der Waals surface area contributed by atoms with E-state index in [-0.39, 0.29) is 17.2 Å². The summed E-state index contributed by atoms with van der Waals surface area (Å²) >= 11 is 3.28. The van der Waals surface area contributed by atoms with Crippen LogP contribution in [0.15, 0.2) is 64.2 Å². The van der Waals surface area contributed by atoms with Gasteiger partial charge >= 0.3 is 0 Å². The summed E-state index contributed by atoms with van der Waals surface area (Å²) < 4.78 is 38.9. The van der Waals surface area contributed by atoms with Crippen molar-refractivity contribution in [1.29, 1.82) is 0 Å². The van der Waals surface area contributed by atoms with Crippen molar-refractivity contribution in [3.8, 4) is 22.8 Å². The molecule has 0 saturated carbocycles. The number of hydrogen-bond acceptors (Lipinski definition) is 6. The largest absolute Gasteiger partial charge is 0.497 e. The molecule has 0 aliphatic carbocycles. The van der Waals surface area contributed by atoms with Crippen LogP contribution in [0.3, 0.4) is 0 Å². The Hall–Kier alpha value is -2.49. The number of nitrogens with zero attached hydrogens (tertiary/aromatic N) is 2. The van der Waals surface area contributed by atoms with E-state index < -0.39 is 10.0 Å². The molecule has 1 aromatic heterocycles. The van der Waals surface area contributed by atoms with Crippen molar-refractivity contribution in [3.63, 3.8) is 0 Å². The molecule has 0 unspecified atom stereocenters. The van der Waals surface area contributed by atoms with Crippen LogP contribution < -0.4 is 14.2 Å². The van der Waals surface area contributed by atoms with E-state index in [0.717, 1.165) is 11.3 Å². The smallest absolute Gasteiger partial charge is 0.244 e. The summed E-state index contributed by atoms with van der Waals surface area (Å²) in [4.78, 5) is 8.45. The van der Waals surface area contributed by atoms with Crippen molar-refractivity contribution in [1.82, 2.24) is 14.7 Å². The van der Waals surface area contributed by atoms with Gasteiger partial charge in [0.1, 0.15) is 22.7 Å². The lowest BCUT2D eigenvalue weighted by Gasteiger charge is -2.11. The van der Waals surface area contributed by atoms with Gasteiger partial charge in [-0.15, -0.1) is 0 Å². The van der Waals surface area contributed by atoms with Crippen molar-refractivity contribution in [2.24, 2.45) is 0 Å². The Kier molecular flexibility index (Phi) is 6.28. The van der Waals surface area contributed by atoms with Crippen LogP contribution in [-0.4, -0.2) is 32.6 Å². The molecule has 0 atom stereocenters. The Bertz CT molecular complexity index is 1070. The highest BCUT2D eigenvalue weighted by atomic mass is 79.9. The maximum absolute atomic E-state index is 12.7. The molecule has 3 aromatic rings. The van der Waals surface area contributed by atoms with E-state index in [0.29, 0.717) is 15.9 Å². The molecule has 9 heteroatoms. The first-order chi connectivity index (χ1) is 13.4. The van der Waals surface area contributed by atoms with Crippen LogP contribution in [-0.2, 0) is 16.6 Å². The molecule has 0 aliphatic rings. The Morgan fingerprint density at radius 3 is 2.43 bits per heavy atom. The maximum atomic E-state index is 12.7. The van der Waals surface area contributed by atoms with Crippen LogP contribution in [0.5, 0.6) is 11.5 Å². The first-order valence-electron chi connectivity index (χ1n) is 8.21.